The standard InChI is InChI=1S/C14H14N2O3S/c1-9-15-12(8-20-9)14(19)16-11-4-2-3-10(7-11)5-6-13(17)18/h2-4,7-8H,5-6H2,1H3,(H,16,19)(H,17,18). The SMILES string of the molecule is Cc1nc(C(=O)Nc2cccc(CCC(=O)O)c2)cs1. The number of aryl methyl sites for hydroxylation is 2. The molecule has 1 heterocycles. The second-order valence-electron chi connectivity index (χ2n) is 4.30. The van der Waals surface area contributed by atoms with Crippen LogP contribution in [0.2, 0.25) is 0 Å². The molecule has 5 nitrogen and oxygen atoms in total. The van der Waals surface area contributed by atoms with Gasteiger partial charge in [-0.25, -0.2) is 4.98 Å². The van der Waals surface area contributed by atoms with Crippen LogP contribution in [-0.4, -0.2) is 22.0 Å². The van der Waals surface area contributed by atoms with Crippen molar-refractivity contribution in [3.05, 3.63) is 45.9 Å². The minimum atomic E-state index is -0.836. The second kappa shape index (κ2) is 6.29. The van der Waals surface area contributed by atoms with E-state index in [1.165, 1.54) is 11.3 Å². The van der Waals surface area contributed by atoms with Gasteiger partial charge in [-0.1, -0.05) is 12.1 Å². The molecule has 1 aromatic heterocycles. The highest BCUT2D eigenvalue weighted by Gasteiger charge is 2.09. The molecule has 0 spiro atoms. The molecule has 0 radical (unpaired) electrons. The molecule has 2 aromatic rings. The zero-order valence-electron chi connectivity index (χ0n) is 10.9. The molecule has 6 heteroatoms. The van der Waals surface area contributed by atoms with E-state index in [9.17, 15) is 9.59 Å². The van der Waals surface area contributed by atoms with Gasteiger partial charge in [0.2, 0.25) is 0 Å². The van der Waals surface area contributed by atoms with Gasteiger partial charge in [-0.15, -0.1) is 11.3 Å². The molecule has 0 saturated carbocycles. The van der Waals surface area contributed by atoms with Crippen LogP contribution in [0.1, 0.15) is 27.5 Å². The summed E-state index contributed by atoms with van der Waals surface area (Å²) in [6.45, 7) is 1.84. The van der Waals surface area contributed by atoms with Gasteiger partial charge >= 0.3 is 5.97 Å². The average Bonchev–Trinajstić information content (AvgIpc) is 2.84. The fourth-order valence-electron chi connectivity index (χ4n) is 1.72. The van der Waals surface area contributed by atoms with Gasteiger partial charge in [0.05, 0.1) is 5.01 Å². The Hall–Kier alpha value is -2.21. The number of thiazole rings is 1. The van der Waals surface area contributed by atoms with Crippen LogP contribution in [0.3, 0.4) is 0 Å². The molecule has 0 fully saturated rings. The summed E-state index contributed by atoms with van der Waals surface area (Å²) in [5.74, 6) is -1.10. The Bertz CT molecular complexity index is 637. The minimum absolute atomic E-state index is 0.0721. The molecule has 0 atom stereocenters. The van der Waals surface area contributed by atoms with Crippen molar-refractivity contribution in [2.45, 2.75) is 19.8 Å². The zero-order valence-corrected chi connectivity index (χ0v) is 11.7. The summed E-state index contributed by atoms with van der Waals surface area (Å²) in [6, 6.07) is 7.17. The summed E-state index contributed by atoms with van der Waals surface area (Å²) in [7, 11) is 0. The van der Waals surface area contributed by atoms with E-state index in [2.05, 4.69) is 10.3 Å². The first kappa shape index (κ1) is 14.2. The number of carbonyl (C=O) groups is 2. The lowest BCUT2D eigenvalue weighted by molar-refractivity contribution is -0.136. The predicted octanol–water partition coefficient (Wildman–Crippen LogP) is 2.72. The molecule has 1 aromatic carbocycles. The minimum Gasteiger partial charge on any atom is -0.481 e. The highest BCUT2D eigenvalue weighted by atomic mass is 32.1. The molecular weight excluding hydrogens is 276 g/mol. The number of benzene rings is 1. The maximum Gasteiger partial charge on any atom is 0.303 e. The van der Waals surface area contributed by atoms with Gasteiger partial charge in [0.15, 0.2) is 0 Å². The summed E-state index contributed by atoms with van der Waals surface area (Å²) < 4.78 is 0. The third kappa shape index (κ3) is 3.89. The Labute approximate surface area is 120 Å². The molecule has 2 rings (SSSR count). The van der Waals surface area contributed by atoms with Crippen LogP contribution >= 0.6 is 11.3 Å². The number of hydrogen-bond acceptors (Lipinski definition) is 4. The Balaban J connectivity index is 2.04. The maximum absolute atomic E-state index is 11.9. The third-order valence-corrected chi connectivity index (χ3v) is 3.44. The Morgan fingerprint density at radius 1 is 1.40 bits per heavy atom. The van der Waals surface area contributed by atoms with Gasteiger partial charge < -0.3 is 10.4 Å². The molecule has 0 saturated heterocycles. The first-order valence-corrected chi connectivity index (χ1v) is 6.97. The summed E-state index contributed by atoms with van der Waals surface area (Å²) >= 11 is 1.42. The number of rotatable bonds is 5. The Kier molecular flexibility index (Phi) is 4.47. The molecule has 0 unspecified atom stereocenters. The van der Waals surface area contributed by atoms with Gasteiger partial charge in [0.1, 0.15) is 5.69 Å². The van der Waals surface area contributed by atoms with Gasteiger partial charge in [-0.2, -0.15) is 0 Å². The van der Waals surface area contributed by atoms with Crippen LogP contribution in [0.4, 0.5) is 5.69 Å². The number of nitrogens with one attached hydrogen (secondary N) is 1. The van der Waals surface area contributed by atoms with Crippen LogP contribution in [0.15, 0.2) is 29.6 Å². The van der Waals surface area contributed by atoms with Crippen LogP contribution in [0, 0.1) is 6.92 Å². The lowest BCUT2D eigenvalue weighted by atomic mass is 10.1. The highest BCUT2D eigenvalue weighted by molar-refractivity contribution is 7.09. The highest BCUT2D eigenvalue weighted by Crippen LogP contribution is 2.15. The Morgan fingerprint density at radius 2 is 2.20 bits per heavy atom. The van der Waals surface area contributed by atoms with Crippen molar-refractivity contribution < 1.29 is 14.7 Å². The molecule has 104 valence electrons. The molecule has 2 N–H and O–H groups in total. The van der Waals surface area contributed by atoms with E-state index >= 15 is 0 Å². The zero-order chi connectivity index (χ0) is 14.5. The molecule has 0 aliphatic heterocycles. The molecule has 0 aliphatic rings. The number of aromatic nitrogens is 1. The van der Waals surface area contributed by atoms with Crippen LogP contribution < -0.4 is 5.32 Å². The lowest BCUT2D eigenvalue weighted by Gasteiger charge is -2.05. The Morgan fingerprint density at radius 3 is 2.85 bits per heavy atom. The van der Waals surface area contributed by atoms with E-state index in [1.807, 2.05) is 13.0 Å². The number of aliphatic carboxylic acids is 1. The molecule has 0 bridgehead atoms. The lowest BCUT2D eigenvalue weighted by Crippen LogP contribution is -2.12. The van der Waals surface area contributed by atoms with Crippen molar-refractivity contribution in [2.24, 2.45) is 0 Å². The fraction of sp³-hybridized carbons (Fsp3) is 0.214. The van der Waals surface area contributed by atoms with E-state index < -0.39 is 5.97 Å². The molecular formula is C14H14N2O3S. The molecule has 0 aliphatic carbocycles. The number of nitrogens with zero attached hydrogens (tertiary/aromatic N) is 1. The van der Waals surface area contributed by atoms with Gasteiger partial charge in [0.25, 0.3) is 5.91 Å². The maximum atomic E-state index is 11.9. The van der Waals surface area contributed by atoms with E-state index in [1.54, 1.807) is 23.6 Å². The number of hydrogen-bond donors (Lipinski definition) is 2. The van der Waals surface area contributed by atoms with Crippen LogP contribution in [0.5, 0.6) is 0 Å². The predicted molar refractivity (Wildman–Crippen MR) is 77.2 cm³/mol. The van der Waals surface area contributed by atoms with Gasteiger partial charge in [-0.05, 0) is 31.0 Å². The summed E-state index contributed by atoms with van der Waals surface area (Å²) in [5.41, 5.74) is 1.91. The largest absolute Gasteiger partial charge is 0.481 e. The normalized spacial score (nSPS) is 10.2. The average molecular weight is 290 g/mol. The number of carboxylic acids is 1. The third-order valence-electron chi connectivity index (χ3n) is 2.66. The van der Waals surface area contributed by atoms with E-state index in [0.29, 0.717) is 17.8 Å². The van der Waals surface area contributed by atoms with Gasteiger partial charge in [0, 0.05) is 17.5 Å². The number of carbonyl (C=O) groups excluding carboxylic acids is 1. The smallest absolute Gasteiger partial charge is 0.303 e. The van der Waals surface area contributed by atoms with Gasteiger partial charge in [-0.3, -0.25) is 9.59 Å². The number of amides is 1. The first-order chi connectivity index (χ1) is 9.54. The molecule has 20 heavy (non-hydrogen) atoms. The fourth-order valence-corrected chi connectivity index (χ4v) is 2.31. The van der Waals surface area contributed by atoms with Crippen molar-refractivity contribution in [3.63, 3.8) is 0 Å². The monoisotopic (exact) mass is 290 g/mol. The molecule has 1 amide bonds. The van der Waals surface area contributed by atoms with Crippen molar-refractivity contribution in [3.8, 4) is 0 Å². The number of carboxylic acid groups (broad SMARTS) is 1. The van der Waals surface area contributed by atoms with Crippen molar-refractivity contribution in [2.75, 3.05) is 5.32 Å². The van der Waals surface area contributed by atoms with Crippen LogP contribution in [-0.2, 0) is 11.2 Å². The summed E-state index contributed by atoms with van der Waals surface area (Å²) in [5, 5.41) is 14.0. The van der Waals surface area contributed by atoms with Crippen molar-refractivity contribution >= 4 is 28.9 Å². The van der Waals surface area contributed by atoms with Crippen LogP contribution in [0.25, 0.3) is 0 Å². The van der Waals surface area contributed by atoms with Crippen molar-refractivity contribution in [1.82, 2.24) is 4.98 Å². The quantitative estimate of drug-likeness (QED) is 0.887. The summed E-state index contributed by atoms with van der Waals surface area (Å²) in [4.78, 5) is 26.6. The van der Waals surface area contributed by atoms with E-state index in [0.717, 1.165) is 10.6 Å². The summed E-state index contributed by atoms with van der Waals surface area (Å²) in [6.07, 6.45) is 0.511. The van der Waals surface area contributed by atoms with E-state index in [-0.39, 0.29) is 12.3 Å². The number of anilines is 1. The topological polar surface area (TPSA) is 79.3 Å². The van der Waals surface area contributed by atoms with E-state index in [4.69, 9.17) is 5.11 Å². The van der Waals surface area contributed by atoms with Crippen molar-refractivity contribution in [1.29, 1.82) is 0 Å². The first-order valence-electron chi connectivity index (χ1n) is 6.09. The second-order valence-corrected chi connectivity index (χ2v) is 5.36.